The van der Waals surface area contributed by atoms with Crippen LogP contribution in [0.1, 0.15) is 22.5 Å². The molecule has 0 radical (unpaired) electrons. The molecular weight excluding hydrogens is 448 g/mol. The summed E-state index contributed by atoms with van der Waals surface area (Å²) in [6.07, 6.45) is 1.83. The zero-order valence-electron chi connectivity index (χ0n) is 16.1. The minimum Gasteiger partial charge on any atom is -0.318 e. The summed E-state index contributed by atoms with van der Waals surface area (Å²) in [5.74, 6) is -0.246. The Labute approximate surface area is 182 Å². The molecule has 1 fully saturated rings. The Morgan fingerprint density at radius 2 is 1.76 bits per heavy atom. The Kier molecular flexibility index (Phi) is 5.48. The number of aryl methyl sites for hydroxylation is 1. The third-order valence-electron chi connectivity index (χ3n) is 4.87. The number of carbonyl (C=O) groups is 2. The number of nitrogens with zero attached hydrogens (tertiary/aromatic N) is 2. The molecular formula is C23H19BrN2O2S. The predicted octanol–water partition coefficient (Wildman–Crippen LogP) is 6.09. The summed E-state index contributed by atoms with van der Waals surface area (Å²) in [4.78, 5) is 27.1. The molecule has 0 spiro atoms. The fourth-order valence-electron chi connectivity index (χ4n) is 3.50. The average Bonchev–Trinajstić information content (AvgIpc) is 3.12. The molecule has 2 heterocycles. The largest absolute Gasteiger partial charge is 0.318 e. The monoisotopic (exact) mass is 466 g/mol. The summed E-state index contributed by atoms with van der Waals surface area (Å²) in [5.41, 5.74) is 5.04. The third kappa shape index (κ3) is 3.95. The van der Waals surface area contributed by atoms with Crippen LogP contribution in [0.4, 0.5) is 4.79 Å². The SMILES string of the molecule is Cc1cc(/C=C2/SC(=O)N(Cc3cccc(Br)c3)C2=O)c(C)n1-c1ccccc1. The van der Waals surface area contributed by atoms with Crippen LogP contribution < -0.4 is 0 Å². The van der Waals surface area contributed by atoms with Gasteiger partial charge in [0.05, 0.1) is 11.4 Å². The smallest absolute Gasteiger partial charge is 0.293 e. The predicted molar refractivity (Wildman–Crippen MR) is 121 cm³/mol. The fourth-order valence-corrected chi connectivity index (χ4v) is 4.78. The molecule has 1 saturated heterocycles. The van der Waals surface area contributed by atoms with Crippen LogP contribution in [0.2, 0.25) is 0 Å². The second-order valence-electron chi connectivity index (χ2n) is 6.90. The van der Waals surface area contributed by atoms with Gasteiger partial charge in [-0.3, -0.25) is 14.5 Å². The number of halogens is 1. The van der Waals surface area contributed by atoms with Gasteiger partial charge in [-0.1, -0.05) is 46.3 Å². The second kappa shape index (κ2) is 8.05. The van der Waals surface area contributed by atoms with Gasteiger partial charge in [-0.05, 0) is 73.1 Å². The van der Waals surface area contributed by atoms with Crippen LogP contribution in [0.25, 0.3) is 11.8 Å². The second-order valence-corrected chi connectivity index (χ2v) is 8.80. The molecule has 4 nitrogen and oxygen atoms in total. The van der Waals surface area contributed by atoms with Crippen molar-refractivity contribution in [3.63, 3.8) is 0 Å². The molecule has 2 amide bonds. The fraction of sp³-hybridized carbons (Fsp3) is 0.130. The molecule has 0 atom stereocenters. The summed E-state index contributed by atoms with van der Waals surface area (Å²) in [6.45, 7) is 4.33. The van der Waals surface area contributed by atoms with Crippen LogP contribution in [0.5, 0.6) is 0 Å². The van der Waals surface area contributed by atoms with Gasteiger partial charge < -0.3 is 4.57 Å². The van der Waals surface area contributed by atoms with Gasteiger partial charge in [0.15, 0.2) is 0 Å². The molecule has 0 N–H and O–H groups in total. The first-order valence-corrected chi connectivity index (χ1v) is 10.8. The molecule has 4 rings (SSSR count). The number of hydrogen-bond donors (Lipinski definition) is 0. The molecule has 6 heteroatoms. The highest BCUT2D eigenvalue weighted by molar-refractivity contribution is 9.10. The van der Waals surface area contributed by atoms with Gasteiger partial charge in [0.1, 0.15) is 0 Å². The maximum Gasteiger partial charge on any atom is 0.293 e. The number of amides is 2. The van der Waals surface area contributed by atoms with E-state index in [1.165, 1.54) is 4.90 Å². The molecule has 0 unspecified atom stereocenters. The van der Waals surface area contributed by atoms with Gasteiger partial charge in [0.2, 0.25) is 0 Å². The molecule has 0 saturated carbocycles. The van der Waals surface area contributed by atoms with Crippen molar-refractivity contribution in [2.75, 3.05) is 0 Å². The first-order valence-electron chi connectivity index (χ1n) is 9.18. The third-order valence-corrected chi connectivity index (χ3v) is 6.28. The van der Waals surface area contributed by atoms with E-state index in [-0.39, 0.29) is 17.7 Å². The van der Waals surface area contributed by atoms with E-state index < -0.39 is 0 Å². The maximum absolute atomic E-state index is 12.9. The minimum atomic E-state index is -0.246. The number of hydrogen-bond acceptors (Lipinski definition) is 3. The minimum absolute atomic E-state index is 0.238. The Morgan fingerprint density at radius 3 is 2.48 bits per heavy atom. The Morgan fingerprint density at radius 1 is 1.00 bits per heavy atom. The summed E-state index contributed by atoms with van der Waals surface area (Å²) in [5, 5.41) is -0.238. The summed E-state index contributed by atoms with van der Waals surface area (Å²) in [6, 6.07) is 19.8. The molecule has 0 bridgehead atoms. The first-order chi connectivity index (χ1) is 13.9. The highest BCUT2D eigenvalue weighted by Crippen LogP contribution is 2.34. The number of imide groups is 1. The Bertz CT molecular complexity index is 1140. The highest BCUT2D eigenvalue weighted by atomic mass is 79.9. The van der Waals surface area contributed by atoms with Crippen LogP contribution in [0, 0.1) is 13.8 Å². The zero-order valence-corrected chi connectivity index (χ0v) is 18.5. The number of rotatable bonds is 4. The van der Waals surface area contributed by atoms with Gasteiger partial charge >= 0.3 is 0 Å². The first kappa shape index (κ1) is 19.7. The lowest BCUT2D eigenvalue weighted by Gasteiger charge is -2.12. The van der Waals surface area contributed by atoms with Crippen molar-refractivity contribution in [1.82, 2.24) is 9.47 Å². The van der Waals surface area contributed by atoms with Gasteiger partial charge in [0, 0.05) is 21.5 Å². The van der Waals surface area contributed by atoms with Crippen LogP contribution >= 0.6 is 27.7 Å². The van der Waals surface area contributed by atoms with E-state index in [2.05, 4.69) is 32.6 Å². The molecule has 1 aliphatic rings. The topological polar surface area (TPSA) is 42.3 Å². The standard InChI is InChI=1S/C23H19BrN2O2S/c1-15-11-18(16(2)26(15)20-9-4-3-5-10-20)13-21-22(27)25(23(28)29-21)14-17-7-6-8-19(24)12-17/h3-13H,14H2,1-2H3/b21-13+. The lowest BCUT2D eigenvalue weighted by molar-refractivity contribution is -0.123. The number of thioether (sulfide) groups is 1. The van der Waals surface area contributed by atoms with Crippen LogP contribution in [0.15, 0.2) is 70.0 Å². The number of aromatic nitrogens is 1. The zero-order chi connectivity index (χ0) is 20.5. The van der Waals surface area contributed by atoms with E-state index in [1.54, 1.807) is 0 Å². The normalized spacial score (nSPS) is 15.6. The molecule has 146 valence electrons. The lowest BCUT2D eigenvalue weighted by atomic mass is 10.2. The van der Waals surface area contributed by atoms with E-state index >= 15 is 0 Å². The van der Waals surface area contributed by atoms with Crippen molar-refractivity contribution in [3.05, 3.63) is 92.6 Å². The van der Waals surface area contributed by atoms with Crippen molar-refractivity contribution in [1.29, 1.82) is 0 Å². The van der Waals surface area contributed by atoms with E-state index in [0.29, 0.717) is 4.91 Å². The molecule has 2 aromatic carbocycles. The van der Waals surface area contributed by atoms with Crippen molar-refractivity contribution in [3.8, 4) is 5.69 Å². The highest BCUT2D eigenvalue weighted by Gasteiger charge is 2.35. The van der Waals surface area contributed by atoms with Crippen LogP contribution in [-0.2, 0) is 11.3 Å². The van der Waals surface area contributed by atoms with Crippen molar-refractivity contribution in [2.24, 2.45) is 0 Å². The molecule has 1 aliphatic heterocycles. The summed E-state index contributed by atoms with van der Waals surface area (Å²) < 4.78 is 3.07. The van der Waals surface area contributed by atoms with Crippen LogP contribution in [0.3, 0.4) is 0 Å². The molecule has 3 aromatic rings. The van der Waals surface area contributed by atoms with Crippen molar-refractivity contribution in [2.45, 2.75) is 20.4 Å². The summed E-state index contributed by atoms with van der Waals surface area (Å²) >= 11 is 4.42. The molecule has 1 aromatic heterocycles. The van der Waals surface area contributed by atoms with Gasteiger partial charge in [0.25, 0.3) is 11.1 Å². The summed E-state index contributed by atoms with van der Waals surface area (Å²) in [7, 11) is 0. The van der Waals surface area contributed by atoms with Gasteiger partial charge in [-0.2, -0.15) is 0 Å². The average molecular weight is 467 g/mol. The van der Waals surface area contributed by atoms with Crippen molar-refractivity contribution < 1.29 is 9.59 Å². The van der Waals surface area contributed by atoms with E-state index in [9.17, 15) is 9.59 Å². The van der Waals surface area contributed by atoms with Crippen molar-refractivity contribution >= 4 is 44.9 Å². The van der Waals surface area contributed by atoms with Gasteiger partial charge in [-0.25, -0.2) is 0 Å². The van der Waals surface area contributed by atoms with E-state index in [4.69, 9.17) is 0 Å². The Balaban J connectivity index is 1.63. The molecule has 0 aliphatic carbocycles. The number of para-hydroxylation sites is 1. The number of benzene rings is 2. The lowest BCUT2D eigenvalue weighted by Crippen LogP contribution is -2.27. The quantitative estimate of drug-likeness (QED) is 0.436. The van der Waals surface area contributed by atoms with E-state index in [1.807, 2.05) is 68.5 Å². The maximum atomic E-state index is 12.9. The van der Waals surface area contributed by atoms with Crippen LogP contribution in [-0.4, -0.2) is 20.6 Å². The van der Waals surface area contributed by atoms with Gasteiger partial charge in [-0.15, -0.1) is 0 Å². The molecule has 29 heavy (non-hydrogen) atoms. The van der Waals surface area contributed by atoms with E-state index in [0.717, 1.165) is 44.4 Å². The number of carbonyl (C=O) groups excluding carboxylic acids is 2. The Hall–Kier alpha value is -2.57.